The van der Waals surface area contributed by atoms with Gasteiger partial charge in [-0.25, -0.2) is 0 Å². The van der Waals surface area contributed by atoms with Gasteiger partial charge >= 0.3 is 0 Å². The van der Waals surface area contributed by atoms with Crippen LogP contribution in [0.1, 0.15) is 20.8 Å². The summed E-state index contributed by atoms with van der Waals surface area (Å²) in [5, 5.41) is 11.8. The second kappa shape index (κ2) is 10.5. The molecule has 5 rings (SSSR count). The lowest BCUT2D eigenvalue weighted by atomic mass is 10.2. The molecule has 5 aromatic rings. The third kappa shape index (κ3) is 4.92. The Balaban J connectivity index is 1.61. The largest absolute Gasteiger partial charge is 0.491 e. The average Bonchev–Trinajstić information content (AvgIpc) is 3.67. The molecule has 0 saturated carbocycles. The highest BCUT2D eigenvalue weighted by molar-refractivity contribution is 9.10. The van der Waals surface area contributed by atoms with E-state index in [1.54, 1.807) is 34.2 Å². The fourth-order valence-electron chi connectivity index (χ4n) is 3.64. The third-order valence-electron chi connectivity index (χ3n) is 5.31. The molecule has 0 fully saturated rings. The van der Waals surface area contributed by atoms with E-state index in [4.69, 9.17) is 20.8 Å². The maximum Gasteiger partial charge on any atom is 0.283 e. The van der Waals surface area contributed by atoms with Crippen molar-refractivity contribution in [3.05, 3.63) is 95.0 Å². The van der Waals surface area contributed by atoms with Gasteiger partial charge in [0.05, 0.1) is 40.8 Å². The molecule has 0 spiro atoms. The number of aromatic nitrogens is 3. The van der Waals surface area contributed by atoms with E-state index in [-0.39, 0.29) is 5.56 Å². The first-order chi connectivity index (χ1) is 17.4. The molecule has 0 aliphatic carbocycles. The molecule has 0 aliphatic heterocycles. The lowest BCUT2D eigenvalue weighted by Crippen LogP contribution is -2.21. The van der Waals surface area contributed by atoms with E-state index in [1.165, 1.54) is 35.7 Å². The van der Waals surface area contributed by atoms with Crippen molar-refractivity contribution in [1.82, 2.24) is 14.3 Å². The zero-order valence-electron chi connectivity index (χ0n) is 18.7. The number of nitrogens with zero attached hydrogens (tertiary/aromatic N) is 3. The summed E-state index contributed by atoms with van der Waals surface area (Å²) in [5.41, 5.74) is 2.18. The number of furan rings is 1. The SMILES string of the molecule is COc1c(-c2cc(Br)c(=O)n(Cc3ccsc3)c2)nn(C(=O)c2ccoc2)c1NCc1ccc(Cl)s1. The summed E-state index contributed by atoms with van der Waals surface area (Å²) in [7, 11) is 1.51. The first kappa shape index (κ1) is 24.6. The second-order valence-electron chi connectivity index (χ2n) is 7.66. The van der Waals surface area contributed by atoms with Crippen LogP contribution < -0.4 is 15.6 Å². The lowest BCUT2D eigenvalue weighted by Gasteiger charge is -2.10. The fraction of sp³-hybridized carbons (Fsp3) is 0.125. The number of ether oxygens (including phenoxy) is 1. The summed E-state index contributed by atoms with van der Waals surface area (Å²) in [6, 6.07) is 8.93. The van der Waals surface area contributed by atoms with Gasteiger partial charge in [0, 0.05) is 16.6 Å². The number of anilines is 1. The third-order valence-corrected chi connectivity index (χ3v) is 7.85. The smallest absolute Gasteiger partial charge is 0.283 e. The molecule has 0 aromatic carbocycles. The van der Waals surface area contributed by atoms with Gasteiger partial charge in [0.2, 0.25) is 0 Å². The molecule has 0 atom stereocenters. The number of hydrogen-bond donors (Lipinski definition) is 1. The molecule has 184 valence electrons. The van der Waals surface area contributed by atoms with E-state index in [1.807, 2.05) is 29.0 Å². The molecule has 8 nitrogen and oxygen atoms in total. The van der Waals surface area contributed by atoms with Crippen molar-refractivity contribution in [2.75, 3.05) is 12.4 Å². The Labute approximate surface area is 226 Å². The standard InChI is InChI=1S/C24H18BrClN4O4S2/c1-33-21-20(16-8-18(25)24(32)29(11-16)10-14-5-7-35-13-14)28-30(23(31)15-4-6-34-12-15)22(21)27-9-17-2-3-19(26)36-17/h2-8,11-13,27H,9-10H2,1H3. The van der Waals surface area contributed by atoms with Crippen LogP contribution in [0.15, 0.2) is 73.5 Å². The number of hydrogen-bond acceptors (Lipinski definition) is 8. The molecule has 0 saturated heterocycles. The number of carbonyl (C=O) groups excluding carboxylic acids is 1. The molecule has 5 aromatic heterocycles. The van der Waals surface area contributed by atoms with Crippen molar-refractivity contribution in [3.63, 3.8) is 0 Å². The Morgan fingerprint density at radius 3 is 2.83 bits per heavy atom. The average molecular weight is 606 g/mol. The molecule has 0 radical (unpaired) electrons. The predicted molar refractivity (Wildman–Crippen MR) is 145 cm³/mol. The molecule has 1 N–H and O–H groups in total. The van der Waals surface area contributed by atoms with Crippen molar-refractivity contribution >= 4 is 61.9 Å². The van der Waals surface area contributed by atoms with Gasteiger partial charge < -0.3 is 19.0 Å². The van der Waals surface area contributed by atoms with Crippen LogP contribution in [0.3, 0.4) is 0 Å². The van der Waals surface area contributed by atoms with Gasteiger partial charge in [-0.3, -0.25) is 9.59 Å². The van der Waals surface area contributed by atoms with Gasteiger partial charge in [0.1, 0.15) is 12.0 Å². The van der Waals surface area contributed by atoms with Crippen LogP contribution in [-0.2, 0) is 13.1 Å². The molecule has 0 aliphatic rings. The summed E-state index contributed by atoms with van der Waals surface area (Å²) in [5.74, 6) is 0.336. The maximum atomic E-state index is 13.3. The van der Waals surface area contributed by atoms with Crippen molar-refractivity contribution in [3.8, 4) is 17.0 Å². The van der Waals surface area contributed by atoms with Crippen LogP contribution in [-0.4, -0.2) is 27.4 Å². The first-order valence-electron chi connectivity index (χ1n) is 10.6. The Kier molecular flexibility index (Phi) is 7.15. The monoisotopic (exact) mass is 604 g/mol. The number of methoxy groups -OCH3 is 1. The number of thiophene rings is 2. The summed E-state index contributed by atoms with van der Waals surface area (Å²) in [6.45, 7) is 0.800. The minimum atomic E-state index is -0.398. The Bertz CT molecular complexity index is 1570. The number of carbonyl (C=O) groups is 1. The minimum absolute atomic E-state index is 0.175. The van der Waals surface area contributed by atoms with Crippen LogP contribution >= 0.6 is 50.2 Å². The van der Waals surface area contributed by atoms with Crippen LogP contribution in [0, 0.1) is 0 Å². The first-order valence-corrected chi connectivity index (χ1v) is 13.5. The molecule has 12 heteroatoms. The highest BCUT2D eigenvalue weighted by Gasteiger charge is 2.26. The van der Waals surface area contributed by atoms with Gasteiger partial charge in [-0.1, -0.05) is 11.6 Å². The van der Waals surface area contributed by atoms with Gasteiger partial charge in [-0.2, -0.15) is 21.1 Å². The van der Waals surface area contributed by atoms with Crippen LogP contribution in [0.25, 0.3) is 11.3 Å². The van der Waals surface area contributed by atoms with Gasteiger partial charge in [0.15, 0.2) is 11.6 Å². The predicted octanol–water partition coefficient (Wildman–Crippen LogP) is 6.20. The lowest BCUT2D eigenvalue weighted by molar-refractivity contribution is 0.0947. The van der Waals surface area contributed by atoms with E-state index in [0.29, 0.717) is 50.3 Å². The van der Waals surface area contributed by atoms with Gasteiger partial charge in [-0.15, -0.1) is 11.3 Å². The number of pyridine rings is 1. The molecule has 5 heterocycles. The van der Waals surface area contributed by atoms with Crippen molar-refractivity contribution in [2.45, 2.75) is 13.1 Å². The summed E-state index contributed by atoms with van der Waals surface area (Å²) < 4.78 is 14.7. The van der Waals surface area contributed by atoms with Gasteiger partial charge in [-0.05, 0) is 62.6 Å². The molecule has 36 heavy (non-hydrogen) atoms. The maximum absolute atomic E-state index is 13.3. The van der Waals surface area contributed by atoms with Crippen molar-refractivity contribution in [1.29, 1.82) is 0 Å². The van der Waals surface area contributed by atoms with Crippen LogP contribution in [0.4, 0.5) is 5.82 Å². The zero-order valence-corrected chi connectivity index (χ0v) is 22.7. The second-order valence-corrected chi connectivity index (χ2v) is 11.1. The highest BCUT2D eigenvalue weighted by Crippen LogP contribution is 2.38. The fourth-order valence-corrected chi connectivity index (χ4v) is 5.80. The Morgan fingerprint density at radius 2 is 2.17 bits per heavy atom. The van der Waals surface area contributed by atoms with E-state index in [0.717, 1.165) is 10.4 Å². The minimum Gasteiger partial charge on any atom is -0.491 e. The zero-order chi connectivity index (χ0) is 25.2. The summed E-state index contributed by atoms with van der Waals surface area (Å²) in [6.07, 6.45) is 4.49. The van der Waals surface area contributed by atoms with Crippen LogP contribution in [0.5, 0.6) is 5.75 Å². The summed E-state index contributed by atoms with van der Waals surface area (Å²) >= 11 is 12.5. The quantitative estimate of drug-likeness (QED) is 0.226. The number of nitrogens with one attached hydrogen (secondary N) is 1. The van der Waals surface area contributed by atoms with E-state index < -0.39 is 5.91 Å². The number of rotatable bonds is 8. The molecule has 0 amide bonds. The normalized spacial score (nSPS) is 11.1. The molecule has 0 bridgehead atoms. The Hall–Kier alpha value is -3.12. The highest BCUT2D eigenvalue weighted by atomic mass is 79.9. The van der Waals surface area contributed by atoms with Crippen molar-refractivity contribution < 1.29 is 13.9 Å². The molecular weight excluding hydrogens is 588 g/mol. The summed E-state index contributed by atoms with van der Waals surface area (Å²) in [4.78, 5) is 27.1. The van der Waals surface area contributed by atoms with E-state index in [2.05, 4.69) is 26.3 Å². The van der Waals surface area contributed by atoms with Crippen molar-refractivity contribution in [2.24, 2.45) is 0 Å². The molecular formula is C24H18BrClN4O4S2. The van der Waals surface area contributed by atoms with E-state index in [9.17, 15) is 9.59 Å². The Morgan fingerprint density at radius 1 is 1.31 bits per heavy atom. The van der Waals surface area contributed by atoms with E-state index >= 15 is 0 Å². The number of halogens is 2. The topological polar surface area (TPSA) is 91.3 Å². The molecule has 0 unspecified atom stereocenters. The van der Waals surface area contributed by atoms with Gasteiger partial charge in [0.25, 0.3) is 11.5 Å². The van der Waals surface area contributed by atoms with Crippen LogP contribution in [0.2, 0.25) is 4.34 Å².